The largest absolute Gasteiger partial charge is 0.312 e. The molecule has 2 amide bonds. The fraction of sp³-hybridized carbons (Fsp3) is 0.222. The van der Waals surface area contributed by atoms with Crippen LogP contribution in [-0.2, 0) is 4.79 Å². The molecule has 0 N–H and O–H groups in total. The molecular formula is C18H17ClN2O2. The first-order valence-electron chi connectivity index (χ1n) is 7.51. The van der Waals surface area contributed by atoms with Crippen LogP contribution in [0.1, 0.15) is 23.2 Å². The number of nitrogens with zero attached hydrogens (tertiary/aromatic N) is 2. The minimum Gasteiger partial charge on any atom is -0.312 e. The van der Waals surface area contributed by atoms with Crippen molar-refractivity contribution in [3.05, 3.63) is 59.1 Å². The SMILES string of the molecule is CN(C(=O)c1ccc(Cl)cc1N1CCCC1=O)c1ccccc1. The zero-order valence-electron chi connectivity index (χ0n) is 12.8. The van der Waals surface area contributed by atoms with E-state index in [9.17, 15) is 9.59 Å². The van der Waals surface area contributed by atoms with Crippen molar-refractivity contribution in [1.82, 2.24) is 0 Å². The summed E-state index contributed by atoms with van der Waals surface area (Å²) >= 11 is 6.08. The highest BCUT2D eigenvalue weighted by Crippen LogP contribution is 2.30. The summed E-state index contributed by atoms with van der Waals surface area (Å²) in [6, 6.07) is 14.5. The molecule has 2 aromatic rings. The first-order chi connectivity index (χ1) is 11.1. The Labute approximate surface area is 140 Å². The van der Waals surface area contributed by atoms with Crippen molar-refractivity contribution in [1.29, 1.82) is 0 Å². The van der Waals surface area contributed by atoms with Crippen molar-refractivity contribution in [2.24, 2.45) is 0 Å². The molecule has 0 radical (unpaired) electrons. The molecule has 23 heavy (non-hydrogen) atoms. The number of benzene rings is 2. The molecule has 0 unspecified atom stereocenters. The summed E-state index contributed by atoms with van der Waals surface area (Å²) in [5.74, 6) is -0.133. The molecule has 0 spiro atoms. The maximum Gasteiger partial charge on any atom is 0.260 e. The maximum absolute atomic E-state index is 12.9. The van der Waals surface area contributed by atoms with Crippen LogP contribution in [0.15, 0.2) is 48.5 Å². The number of carbonyl (C=O) groups excluding carboxylic acids is 2. The van der Waals surface area contributed by atoms with Crippen LogP contribution in [0.4, 0.5) is 11.4 Å². The van der Waals surface area contributed by atoms with Gasteiger partial charge in [-0.05, 0) is 36.8 Å². The Morgan fingerprint density at radius 2 is 1.91 bits per heavy atom. The fourth-order valence-electron chi connectivity index (χ4n) is 2.76. The van der Waals surface area contributed by atoms with Crippen LogP contribution in [0, 0.1) is 0 Å². The third-order valence-electron chi connectivity index (χ3n) is 4.00. The highest BCUT2D eigenvalue weighted by atomic mass is 35.5. The van der Waals surface area contributed by atoms with Gasteiger partial charge in [0.05, 0.1) is 11.3 Å². The quantitative estimate of drug-likeness (QED) is 0.861. The van der Waals surface area contributed by atoms with Crippen LogP contribution in [0.3, 0.4) is 0 Å². The molecular weight excluding hydrogens is 312 g/mol. The number of rotatable bonds is 3. The number of halogens is 1. The van der Waals surface area contributed by atoms with E-state index in [0.717, 1.165) is 12.1 Å². The lowest BCUT2D eigenvalue weighted by Gasteiger charge is -2.23. The van der Waals surface area contributed by atoms with Crippen LogP contribution in [0.2, 0.25) is 5.02 Å². The van der Waals surface area contributed by atoms with Crippen LogP contribution in [0.5, 0.6) is 0 Å². The molecule has 0 aliphatic carbocycles. The van der Waals surface area contributed by atoms with Crippen LogP contribution in [0.25, 0.3) is 0 Å². The topological polar surface area (TPSA) is 40.6 Å². The molecule has 1 aliphatic heterocycles. The van der Waals surface area contributed by atoms with E-state index < -0.39 is 0 Å². The van der Waals surface area contributed by atoms with Crippen molar-refractivity contribution in [2.75, 3.05) is 23.4 Å². The normalized spacial score (nSPS) is 14.2. The van der Waals surface area contributed by atoms with Gasteiger partial charge in [0.1, 0.15) is 0 Å². The lowest BCUT2D eigenvalue weighted by atomic mass is 10.1. The average Bonchev–Trinajstić information content (AvgIpc) is 3.00. The monoisotopic (exact) mass is 328 g/mol. The molecule has 0 saturated carbocycles. The summed E-state index contributed by atoms with van der Waals surface area (Å²) in [6.45, 7) is 0.620. The zero-order valence-corrected chi connectivity index (χ0v) is 13.6. The van der Waals surface area contributed by atoms with Crippen LogP contribution >= 0.6 is 11.6 Å². The summed E-state index contributed by atoms with van der Waals surface area (Å²) < 4.78 is 0. The van der Waals surface area contributed by atoms with Crippen LogP contribution in [-0.4, -0.2) is 25.4 Å². The number of hydrogen-bond donors (Lipinski definition) is 0. The highest BCUT2D eigenvalue weighted by Gasteiger charge is 2.27. The second kappa shape index (κ2) is 6.42. The lowest BCUT2D eigenvalue weighted by molar-refractivity contribution is -0.117. The van der Waals surface area contributed by atoms with Gasteiger partial charge in [-0.2, -0.15) is 0 Å². The molecule has 118 valence electrons. The van der Waals surface area contributed by atoms with Gasteiger partial charge in [-0.15, -0.1) is 0 Å². The van der Waals surface area contributed by atoms with Crippen molar-refractivity contribution in [3.63, 3.8) is 0 Å². The van der Waals surface area contributed by atoms with Gasteiger partial charge in [-0.3, -0.25) is 9.59 Å². The molecule has 0 bridgehead atoms. The Bertz CT molecular complexity index is 746. The van der Waals surface area contributed by atoms with Gasteiger partial charge >= 0.3 is 0 Å². The molecule has 1 heterocycles. The molecule has 2 aromatic carbocycles. The van der Waals surface area contributed by atoms with Crippen molar-refractivity contribution in [3.8, 4) is 0 Å². The summed E-state index contributed by atoms with van der Waals surface area (Å²) in [5.41, 5.74) is 1.87. The summed E-state index contributed by atoms with van der Waals surface area (Å²) in [6.07, 6.45) is 1.31. The van der Waals surface area contributed by atoms with Crippen molar-refractivity contribution in [2.45, 2.75) is 12.8 Å². The van der Waals surface area contributed by atoms with Gasteiger partial charge in [0, 0.05) is 30.7 Å². The smallest absolute Gasteiger partial charge is 0.260 e. The molecule has 1 fully saturated rings. The zero-order chi connectivity index (χ0) is 16.4. The van der Waals surface area contributed by atoms with Gasteiger partial charge in [-0.1, -0.05) is 29.8 Å². The number of hydrogen-bond acceptors (Lipinski definition) is 2. The van der Waals surface area contributed by atoms with E-state index in [0.29, 0.717) is 29.2 Å². The predicted octanol–water partition coefficient (Wildman–Crippen LogP) is 3.74. The third-order valence-corrected chi connectivity index (χ3v) is 4.24. The predicted molar refractivity (Wildman–Crippen MR) is 92.2 cm³/mol. The van der Waals surface area contributed by atoms with Gasteiger partial charge in [0.15, 0.2) is 0 Å². The Morgan fingerprint density at radius 3 is 2.57 bits per heavy atom. The molecule has 5 heteroatoms. The summed E-state index contributed by atoms with van der Waals surface area (Å²) in [7, 11) is 1.72. The number of carbonyl (C=O) groups is 2. The highest BCUT2D eigenvalue weighted by molar-refractivity contribution is 6.31. The van der Waals surface area contributed by atoms with E-state index in [4.69, 9.17) is 11.6 Å². The fourth-order valence-corrected chi connectivity index (χ4v) is 2.93. The first-order valence-corrected chi connectivity index (χ1v) is 7.89. The Hall–Kier alpha value is -2.33. The van der Waals surface area contributed by atoms with Gasteiger partial charge in [0.25, 0.3) is 5.91 Å². The number of amides is 2. The number of anilines is 2. The summed E-state index contributed by atoms with van der Waals surface area (Å²) in [5, 5.41) is 0.513. The minimum atomic E-state index is -0.164. The van der Waals surface area contributed by atoms with E-state index in [1.807, 2.05) is 30.3 Å². The first kappa shape index (κ1) is 15.6. The minimum absolute atomic E-state index is 0.0312. The van der Waals surface area contributed by atoms with E-state index >= 15 is 0 Å². The average molecular weight is 329 g/mol. The molecule has 1 saturated heterocycles. The maximum atomic E-state index is 12.9. The van der Waals surface area contributed by atoms with Gasteiger partial charge in [-0.25, -0.2) is 0 Å². The summed E-state index contributed by atoms with van der Waals surface area (Å²) in [4.78, 5) is 28.2. The second-order valence-electron chi connectivity index (χ2n) is 5.51. The van der Waals surface area contributed by atoms with E-state index in [1.165, 1.54) is 0 Å². The molecule has 3 rings (SSSR count). The van der Waals surface area contributed by atoms with E-state index in [2.05, 4.69) is 0 Å². The number of para-hydroxylation sites is 1. The Morgan fingerprint density at radius 1 is 1.17 bits per heavy atom. The lowest BCUT2D eigenvalue weighted by Crippen LogP contribution is -2.31. The van der Waals surface area contributed by atoms with Gasteiger partial charge < -0.3 is 9.80 Å². The van der Waals surface area contributed by atoms with Crippen molar-refractivity contribution >= 4 is 34.8 Å². The Balaban J connectivity index is 1.99. The molecule has 0 atom stereocenters. The molecule has 4 nitrogen and oxygen atoms in total. The Kier molecular flexibility index (Phi) is 4.35. The van der Waals surface area contributed by atoms with E-state index in [-0.39, 0.29) is 11.8 Å². The molecule has 0 aromatic heterocycles. The standard InChI is InChI=1S/C18H17ClN2O2/c1-20(14-6-3-2-4-7-14)18(23)15-10-9-13(19)12-16(15)21-11-5-8-17(21)22/h2-4,6-7,9-10,12H,5,8,11H2,1H3. The van der Waals surface area contributed by atoms with E-state index in [1.54, 1.807) is 35.0 Å². The van der Waals surface area contributed by atoms with Gasteiger partial charge in [0.2, 0.25) is 5.91 Å². The van der Waals surface area contributed by atoms with Crippen molar-refractivity contribution < 1.29 is 9.59 Å². The van der Waals surface area contributed by atoms with Crippen LogP contribution < -0.4 is 9.80 Å². The second-order valence-corrected chi connectivity index (χ2v) is 5.95. The molecule has 1 aliphatic rings. The third kappa shape index (κ3) is 3.08.